The van der Waals surface area contributed by atoms with Gasteiger partial charge >= 0.3 is 0 Å². The Hall–Kier alpha value is -2.70. The van der Waals surface area contributed by atoms with Gasteiger partial charge in [0.2, 0.25) is 0 Å². The number of thiophene rings is 2. The Morgan fingerprint density at radius 2 is 1.42 bits per heavy atom. The maximum atomic E-state index is 11.7. The van der Waals surface area contributed by atoms with Crippen LogP contribution in [0.2, 0.25) is 0 Å². The second kappa shape index (κ2) is 18.6. The van der Waals surface area contributed by atoms with Gasteiger partial charge in [0.25, 0.3) is 0 Å². The van der Waals surface area contributed by atoms with Crippen LogP contribution in [0, 0.1) is 51.0 Å². The molecule has 5 rings (SSSR count). The predicted molar refractivity (Wildman–Crippen MR) is 223 cm³/mol. The van der Waals surface area contributed by atoms with Gasteiger partial charge in [-0.1, -0.05) is 85.9 Å². The van der Waals surface area contributed by atoms with E-state index in [9.17, 15) is 9.90 Å². The second-order valence-corrected chi connectivity index (χ2v) is 18.2. The molecule has 0 aliphatic carbocycles. The predicted octanol–water partition coefficient (Wildman–Crippen LogP) is 13.9. The van der Waals surface area contributed by atoms with Crippen LogP contribution in [0.3, 0.4) is 0 Å². The third-order valence-electron chi connectivity index (χ3n) is 10.1. The average molecular weight is 916 g/mol. The zero-order valence-electron chi connectivity index (χ0n) is 33.6. The molecule has 0 bridgehead atoms. The molecular formula is C45H59IrN2O2S2-. The molecule has 0 unspecified atom stereocenters. The Kier molecular flexibility index (Phi) is 15.6. The fourth-order valence-corrected chi connectivity index (χ4v) is 9.86. The minimum absolute atomic E-state index is 0. The van der Waals surface area contributed by atoms with Crippen LogP contribution >= 0.6 is 22.7 Å². The van der Waals surface area contributed by atoms with Crippen molar-refractivity contribution < 1.29 is 30.0 Å². The maximum Gasteiger partial charge on any atom is 0.162 e. The van der Waals surface area contributed by atoms with Crippen molar-refractivity contribution >= 4 is 47.9 Å². The first-order valence-electron chi connectivity index (χ1n) is 18.8. The first-order valence-corrected chi connectivity index (χ1v) is 20.4. The maximum absolute atomic E-state index is 11.7. The standard InChI is InChI=1S/C32H35N2S2.C13H24O2.Ir/c1-17(2)24-12-23(13-27-30(24)29-20(5)21(6)35-31(29)36-27)25-14-26(34-16-33-25)28-18(3)10-22(11-19(28)4)15-32(7,8)9;1-5-10(6-2)12(14)9-13(15)11(7-3)8-4;/h10-12,14,16-17H,15H2,1-9H3;9-11,14H,5-8H2,1-4H3;/q-1;;/b;12-9-;. The van der Waals surface area contributed by atoms with E-state index in [2.05, 4.69) is 92.6 Å². The number of aryl methyl sites for hydroxylation is 4. The molecule has 2 aromatic carbocycles. The van der Waals surface area contributed by atoms with Gasteiger partial charge in [-0.15, -0.1) is 45.9 Å². The van der Waals surface area contributed by atoms with E-state index in [1.54, 1.807) is 6.33 Å². The molecule has 0 aliphatic rings. The molecule has 5 aromatic rings. The number of benzene rings is 2. The summed E-state index contributed by atoms with van der Waals surface area (Å²) in [4.78, 5) is 22.5. The summed E-state index contributed by atoms with van der Waals surface area (Å²) in [5, 5.41) is 12.6. The number of carbonyl (C=O) groups excluding carboxylic acids is 1. The van der Waals surface area contributed by atoms with Gasteiger partial charge < -0.3 is 5.11 Å². The van der Waals surface area contributed by atoms with Gasteiger partial charge in [0.15, 0.2) is 5.78 Å². The van der Waals surface area contributed by atoms with E-state index in [1.807, 2.05) is 50.4 Å². The number of hydrogen-bond donors (Lipinski definition) is 1. The van der Waals surface area contributed by atoms with Gasteiger partial charge in [0.1, 0.15) is 6.33 Å². The van der Waals surface area contributed by atoms with Crippen LogP contribution in [0.4, 0.5) is 0 Å². The number of hydrogen-bond acceptors (Lipinski definition) is 6. The van der Waals surface area contributed by atoms with E-state index in [1.165, 1.54) is 63.8 Å². The summed E-state index contributed by atoms with van der Waals surface area (Å²) in [6, 6.07) is 12.8. The molecule has 7 heteroatoms. The molecule has 0 atom stereocenters. The quantitative estimate of drug-likeness (QED) is 0.0815. The smallest absolute Gasteiger partial charge is 0.162 e. The number of aliphatic hydroxyl groups is 1. The normalized spacial score (nSPS) is 12.2. The first kappa shape index (κ1) is 43.7. The van der Waals surface area contributed by atoms with E-state index in [4.69, 9.17) is 9.97 Å². The summed E-state index contributed by atoms with van der Waals surface area (Å²) in [7, 11) is 0. The number of fused-ring (bicyclic) bond motifs is 3. The number of allylic oxidation sites excluding steroid dienone is 2. The molecule has 0 aliphatic heterocycles. The van der Waals surface area contributed by atoms with Crippen LogP contribution in [0.1, 0.15) is 127 Å². The number of aliphatic hydroxyl groups excluding tert-OH is 1. The van der Waals surface area contributed by atoms with Crippen molar-refractivity contribution in [2.24, 2.45) is 17.3 Å². The molecule has 1 radical (unpaired) electrons. The fraction of sp³-hybridized carbons (Fsp3) is 0.489. The third-order valence-corrected chi connectivity index (χ3v) is 12.5. The zero-order valence-corrected chi connectivity index (χ0v) is 37.7. The van der Waals surface area contributed by atoms with E-state index in [0.29, 0.717) is 5.92 Å². The van der Waals surface area contributed by atoms with Crippen molar-refractivity contribution in [3.63, 3.8) is 0 Å². The molecule has 3 aromatic heterocycles. The van der Waals surface area contributed by atoms with Crippen LogP contribution < -0.4 is 0 Å². The van der Waals surface area contributed by atoms with Crippen LogP contribution in [0.25, 0.3) is 42.0 Å². The first-order chi connectivity index (χ1) is 24.0. The molecule has 0 fully saturated rings. The number of carbonyl (C=O) groups is 1. The number of ketones is 1. The molecule has 283 valence electrons. The summed E-state index contributed by atoms with van der Waals surface area (Å²) in [6.07, 6.45) is 7.68. The van der Waals surface area contributed by atoms with Crippen LogP contribution in [-0.2, 0) is 31.3 Å². The Bertz CT molecular complexity index is 2000. The monoisotopic (exact) mass is 916 g/mol. The van der Waals surface area contributed by atoms with Gasteiger partial charge in [0.05, 0.1) is 15.5 Å². The largest absolute Gasteiger partial charge is 0.512 e. The van der Waals surface area contributed by atoms with Crippen molar-refractivity contribution in [1.82, 2.24) is 9.97 Å². The molecule has 0 saturated heterocycles. The van der Waals surface area contributed by atoms with E-state index < -0.39 is 0 Å². The van der Waals surface area contributed by atoms with Crippen molar-refractivity contribution in [2.75, 3.05) is 0 Å². The van der Waals surface area contributed by atoms with Crippen molar-refractivity contribution in [3.8, 4) is 22.5 Å². The van der Waals surface area contributed by atoms with Gasteiger partial charge in [-0.25, -0.2) is 4.98 Å². The number of rotatable bonds is 11. The number of nitrogens with zero attached hydrogens (tertiary/aromatic N) is 2. The van der Waals surface area contributed by atoms with Gasteiger partial charge in [-0.2, -0.15) is 0 Å². The van der Waals surface area contributed by atoms with Crippen LogP contribution in [-0.4, -0.2) is 20.9 Å². The molecule has 0 amide bonds. The summed E-state index contributed by atoms with van der Waals surface area (Å²) < 4.78 is 2.64. The molecular weight excluding hydrogens is 857 g/mol. The summed E-state index contributed by atoms with van der Waals surface area (Å²) in [6.45, 7) is 28.4. The number of aromatic nitrogens is 2. The Morgan fingerprint density at radius 3 is 1.96 bits per heavy atom. The van der Waals surface area contributed by atoms with Crippen molar-refractivity contribution in [1.29, 1.82) is 0 Å². The fourth-order valence-electron chi connectivity index (χ4n) is 7.15. The SMILES string of the molecule is CCC(CC)C(=O)/C=C(\O)C(CC)CC.Cc1cc(CC(C)(C)C)cc(C)c1-c1cc(-c2[c-]c3sc4sc(C)c(C)c4c3c(C(C)C)c2)ncn1.[Ir]. The molecule has 0 spiro atoms. The van der Waals surface area contributed by atoms with Crippen molar-refractivity contribution in [2.45, 2.75) is 128 Å². The average Bonchev–Trinajstić information content (AvgIpc) is 3.55. The molecule has 4 nitrogen and oxygen atoms in total. The summed E-state index contributed by atoms with van der Waals surface area (Å²) >= 11 is 3.77. The summed E-state index contributed by atoms with van der Waals surface area (Å²) in [5.41, 5.74) is 11.2. The zero-order chi connectivity index (χ0) is 37.8. The molecule has 0 saturated carbocycles. The third kappa shape index (κ3) is 10.1. The summed E-state index contributed by atoms with van der Waals surface area (Å²) in [5.74, 6) is 0.963. The van der Waals surface area contributed by atoms with Crippen LogP contribution in [0.15, 0.2) is 42.4 Å². The minimum Gasteiger partial charge on any atom is -0.512 e. The van der Waals surface area contributed by atoms with E-state index >= 15 is 0 Å². The Labute approximate surface area is 335 Å². The second-order valence-electron chi connectivity index (χ2n) is 15.7. The van der Waals surface area contributed by atoms with Crippen LogP contribution in [0.5, 0.6) is 0 Å². The Morgan fingerprint density at radius 1 is 0.846 bits per heavy atom. The van der Waals surface area contributed by atoms with Crippen molar-refractivity contribution in [3.05, 3.63) is 81.2 Å². The van der Waals surface area contributed by atoms with Gasteiger partial charge in [-0.3, -0.25) is 9.78 Å². The molecule has 52 heavy (non-hydrogen) atoms. The molecule has 1 N–H and O–H groups in total. The van der Waals surface area contributed by atoms with E-state index in [-0.39, 0.29) is 48.9 Å². The van der Waals surface area contributed by atoms with Gasteiger partial charge in [0, 0.05) is 48.5 Å². The topological polar surface area (TPSA) is 63.1 Å². The molecule has 3 heterocycles. The Balaban J connectivity index is 0.000000389. The van der Waals surface area contributed by atoms with Gasteiger partial charge in [-0.05, 0) is 109 Å². The van der Waals surface area contributed by atoms with E-state index in [0.717, 1.165) is 49.1 Å². The minimum atomic E-state index is 0.